The predicted octanol–water partition coefficient (Wildman–Crippen LogP) is 8.76. The average Bonchev–Trinajstić information content (AvgIpc) is 4.00. The third-order valence-corrected chi connectivity index (χ3v) is 12.5. The summed E-state index contributed by atoms with van der Waals surface area (Å²) in [6.07, 6.45) is 5.58. The molecule has 0 aliphatic carbocycles. The van der Waals surface area contributed by atoms with Crippen LogP contribution in [0.15, 0.2) is 170 Å². The van der Waals surface area contributed by atoms with Crippen LogP contribution < -0.4 is 16.4 Å². The molecule has 8 heterocycles. The molecule has 2 aliphatic heterocycles. The lowest BCUT2D eigenvalue weighted by atomic mass is 9.34. The molecule has 262 valence electrons. The Morgan fingerprint density at radius 3 is 1.65 bits per heavy atom. The lowest BCUT2D eigenvalue weighted by Gasteiger charge is -2.34. The first-order valence-corrected chi connectivity index (χ1v) is 19.4. The van der Waals surface area contributed by atoms with Crippen LogP contribution in [-0.2, 0) is 0 Å². The Balaban J connectivity index is 1.24. The summed E-state index contributed by atoms with van der Waals surface area (Å²) in [6, 6.07) is 55.0. The number of para-hydroxylation sites is 5. The van der Waals surface area contributed by atoms with Crippen molar-refractivity contribution < 1.29 is 0 Å². The predicted molar refractivity (Wildman–Crippen MR) is 232 cm³/mol. The third-order valence-electron chi connectivity index (χ3n) is 12.5. The third kappa shape index (κ3) is 3.57. The van der Waals surface area contributed by atoms with Gasteiger partial charge in [0.25, 0.3) is 6.71 Å². The Hall–Kier alpha value is -7.71. The molecule has 12 aromatic rings. The summed E-state index contributed by atoms with van der Waals surface area (Å²) in [6.45, 7) is -0.00263. The molecular formula is C49H28BN7. The Bertz CT molecular complexity index is 3470. The van der Waals surface area contributed by atoms with E-state index in [-0.39, 0.29) is 6.71 Å². The molecule has 57 heavy (non-hydrogen) atoms. The highest BCUT2D eigenvalue weighted by molar-refractivity contribution is 7.00. The molecule has 0 unspecified atom stereocenters. The molecule has 0 N–H and O–H groups in total. The second kappa shape index (κ2) is 10.5. The molecule has 6 aromatic carbocycles. The number of rotatable bonds is 3. The molecule has 7 nitrogen and oxygen atoms in total. The fraction of sp³-hybridized carbons (Fsp3) is 0. The van der Waals surface area contributed by atoms with Gasteiger partial charge in [-0.3, -0.25) is 18.3 Å². The van der Waals surface area contributed by atoms with Crippen molar-refractivity contribution >= 4 is 88.9 Å². The molecule has 0 saturated heterocycles. The van der Waals surface area contributed by atoms with Crippen LogP contribution in [0.1, 0.15) is 0 Å². The molecule has 0 bridgehead atoms. The SMILES string of the molecule is c1ccc(-n2c3ccccc3c3c4cccc5c4n(c32)-c2cc(-c3ncccn3)cc3c2B5c2cccc4c5c6cccnc6n(-c6ccccc6)c5n-3c24)cc1. The van der Waals surface area contributed by atoms with Crippen LogP contribution in [-0.4, -0.2) is 39.9 Å². The molecule has 14 rings (SSSR count). The van der Waals surface area contributed by atoms with Gasteiger partial charge in [-0.1, -0.05) is 91.0 Å². The summed E-state index contributed by atoms with van der Waals surface area (Å²) >= 11 is 0. The van der Waals surface area contributed by atoms with E-state index in [4.69, 9.17) is 15.0 Å². The molecular weight excluding hydrogens is 697 g/mol. The topological polar surface area (TPSA) is 58.4 Å². The summed E-state index contributed by atoms with van der Waals surface area (Å²) in [5.74, 6) is 0.693. The quantitative estimate of drug-likeness (QED) is 0.171. The van der Waals surface area contributed by atoms with Gasteiger partial charge in [-0.15, -0.1) is 0 Å². The highest BCUT2D eigenvalue weighted by Crippen LogP contribution is 2.45. The molecule has 0 fully saturated rings. The number of fused-ring (bicyclic) bond motifs is 14. The van der Waals surface area contributed by atoms with Crippen molar-refractivity contribution in [3.05, 3.63) is 170 Å². The van der Waals surface area contributed by atoms with Crippen LogP contribution >= 0.6 is 0 Å². The van der Waals surface area contributed by atoms with Crippen LogP contribution in [0.2, 0.25) is 0 Å². The molecule has 0 amide bonds. The summed E-state index contributed by atoms with van der Waals surface area (Å²) in [4.78, 5) is 14.7. The molecule has 0 radical (unpaired) electrons. The Kier molecular flexibility index (Phi) is 5.47. The molecule has 8 heteroatoms. The molecule has 2 aliphatic rings. The Morgan fingerprint density at radius 2 is 0.965 bits per heavy atom. The van der Waals surface area contributed by atoms with Gasteiger partial charge in [-0.25, -0.2) is 15.0 Å². The highest BCUT2D eigenvalue weighted by Gasteiger charge is 2.42. The summed E-state index contributed by atoms with van der Waals surface area (Å²) in [5.41, 5.74) is 16.2. The lowest BCUT2D eigenvalue weighted by Crippen LogP contribution is -2.59. The van der Waals surface area contributed by atoms with Crippen molar-refractivity contribution in [3.8, 4) is 34.1 Å². The average molecular weight is 726 g/mol. The van der Waals surface area contributed by atoms with Crippen molar-refractivity contribution in [1.29, 1.82) is 0 Å². The largest absolute Gasteiger partial charge is 0.296 e. The van der Waals surface area contributed by atoms with Crippen molar-refractivity contribution in [1.82, 2.24) is 33.2 Å². The van der Waals surface area contributed by atoms with Gasteiger partial charge in [-0.05, 0) is 77.1 Å². The van der Waals surface area contributed by atoms with Crippen LogP contribution in [0.5, 0.6) is 0 Å². The van der Waals surface area contributed by atoms with E-state index in [1.54, 1.807) is 0 Å². The van der Waals surface area contributed by atoms with E-state index in [0.717, 1.165) is 50.6 Å². The smallest absolute Gasteiger partial charge is 0.252 e. The van der Waals surface area contributed by atoms with E-state index >= 15 is 0 Å². The van der Waals surface area contributed by atoms with Gasteiger partial charge in [0.15, 0.2) is 5.82 Å². The molecule has 0 spiro atoms. The van der Waals surface area contributed by atoms with Gasteiger partial charge < -0.3 is 0 Å². The minimum Gasteiger partial charge on any atom is -0.296 e. The van der Waals surface area contributed by atoms with E-state index in [9.17, 15) is 0 Å². The van der Waals surface area contributed by atoms with E-state index < -0.39 is 0 Å². The van der Waals surface area contributed by atoms with E-state index in [1.807, 2.05) is 24.7 Å². The minimum atomic E-state index is -0.00263. The number of hydrogen-bond donors (Lipinski definition) is 0. The number of nitrogens with zero attached hydrogens (tertiary/aromatic N) is 7. The normalized spacial score (nSPS) is 12.9. The molecule has 6 aromatic heterocycles. The van der Waals surface area contributed by atoms with E-state index in [1.165, 1.54) is 59.9 Å². The van der Waals surface area contributed by atoms with Crippen molar-refractivity contribution in [2.24, 2.45) is 0 Å². The fourth-order valence-electron chi connectivity index (χ4n) is 10.5. The standard InChI is InChI=1S/C49H28BN7/c1-3-13-30(14-4-1)54-38-23-8-7-17-32(38)41-33-18-9-21-36-44(33)56(48(41)54)39-27-29(46-51-25-12-26-52-46)28-40-43(39)50(36)37-22-10-19-34-42-35-20-11-24-53-47(35)55(31-15-5-2-6-16-31)49(42)57(40)45(34)37/h1-28H. The maximum Gasteiger partial charge on any atom is 0.252 e. The van der Waals surface area contributed by atoms with Crippen LogP contribution in [0, 0.1) is 0 Å². The van der Waals surface area contributed by atoms with Gasteiger partial charge in [0.1, 0.15) is 16.9 Å². The number of benzene rings is 6. The Labute approximate surface area is 325 Å². The number of pyridine rings is 1. The van der Waals surface area contributed by atoms with Crippen molar-refractivity contribution in [2.75, 3.05) is 0 Å². The van der Waals surface area contributed by atoms with Crippen LogP contribution in [0.25, 0.3) is 99.9 Å². The first-order chi connectivity index (χ1) is 28.3. The van der Waals surface area contributed by atoms with Gasteiger partial charge in [0.05, 0.1) is 16.6 Å². The van der Waals surface area contributed by atoms with Gasteiger partial charge in [0.2, 0.25) is 0 Å². The summed E-state index contributed by atoms with van der Waals surface area (Å²) < 4.78 is 9.88. The second-order valence-electron chi connectivity index (χ2n) is 15.2. The molecule has 0 saturated carbocycles. The number of aromatic nitrogens is 7. The van der Waals surface area contributed by atoms with E-state index in [0.29, 0.717) is 5.82 Å². The van der Waals surface area contributed by atoms with E-state index in [2.05, 4.69) is 164 Å². The maximum absolute atomic E-state index is 5.04. The van der Waals surface area contributed by atoms with Crippen molar-refractivity contribution in [2.45, 2.75) is 0 Å². The van der Waals surface area contributed by atoms with Gasteiger partial charge in [0, 0.05) is 79.2 Å². The second-order valence-corrected chi connectivity index (χ2v) is 15.2. The zero-order valence-electron chi connectivity index (χ0n) is 30.4. The lowest BCUT2D eigenvalue weighted by molar-refractivity contribution is 1.04. The summed E-state index contributed by atoms with van der Waals surface area (Å²) in [7, 11) is 0. The first-order valence-electron chi connectivity index (χ1n) is 19.4. The monoisotopic (exact) mass is 725 g/mol. The van der Waals surface area contributed by atoms with Crippen LogP contribution in [0.3, 0.4) is 0 Å². The minimum absolute atomic E-state index is 0.00263. The van der Waals surface area contributed by atoms with Gasteiger partial charge >= 0.3 is 0 Å². The van der Waals surface area contributed by atoms with Crippen LogP contribution in [0.4, 0.5) is 0 Å². The van der Waals surface area contributed by atoms with Gasteiger partial charge in [-0.2, -0.15) is 0 Å². The highest BCUT2D eigenvalue weighted by atomic mass is 15.2. The fourth-order valence-corrected chi connectivity index (χ4v) is 10.5. The summed E-state index contributed by atoms with van der Waals surface area (Å²) in [5, 5.41) is 7.33. The first kappa shape index (κ1) is 29.6. The number of hydrogen-bond acceptors (Lipinski definition) is 3. The Morgan fingerprint density at radius 1 is 0.421 bits per heavy atom. The zero-order valence-corrected chi connectivity index (χ0v) is 30.4. The maximum atomic E-state index is 5.04. The zero-order chi connectivity index (χ0) is 36.9. The van der Waals surface area contributed by atoms with Crippen molar-refractivity contribution in [3.63, 3.8) is 0 Å². The molecule has 0 atom stereocenters.